The van der Waals surface area contributed by atoms with Crippen LogP contribution in [0.3, 0.4) is 0 Å². The number of nitrogens with two attached hydrogens (primary N) is 1. The highest BCUT2D eigenvalue weighted by molar-refractivity contribution is 7.89. The number of nitrogens with one attached hydrogen (secondary N) is 1. The molecule has 1 aliphatic rings. The molecule has 1 aliphatic heterocycles. The molecule has 3 rings (SSSR count). The van der Waals surface area contributed by atoms with Crippen molar-refractivity contribution in [3.8, 4) is 11.5 Å². The Kier molecular flexibility index (Phi) is 6.47. The molecule has 0 amide bonds. The summed E-state index contributed by atoms with van der Waals surface area (Å²) < 4.78 is 38.1. The number of hydrogen-bond donors (Lipinski definition) is 2. The molecule has 1 heterocycles. The number of benzene rings is 2. The summed E-state index contributed by atoms with van der Waals surface area (Å²) in [6.07, 6.45) is 0.415. The van der Waals surface area contributed by atoms with E-state index in [9.17, 15) is 18.5 Å². The summed E-state index contributed by atoms with van der Waals surface area (Å²) in [7, 11) is -4.10. The summed E-state index contributed by atoms with van der Waals surface area (Å²) in [5, 5.41) is 11.3. The van der Waals surface area contributed by atoms with Gasteiger partial charge in [-0.25, -0.2) is 13.1 Å². The van der Waals surface area contributed by atoms with Gasteiger partial charge in [-0.05, 0) is 24.1 Å². The van der Waals surface area contributed by atoms with E-state index in [2.05, 4.69) is 4.72 Å². The van der Waals surface area contributed by atoms with Crippen LogP contribution in [0.5, 0.6) is 11.5 Å². The summed E-state index contributed by atoms with van der Waals surface area (Å²) >= 11 is 0. The molecule has 11 heteroatoms. The van der Waals surface area contributed by atoms with Crippen LogP contribution < -0.4 is 19.9 Å². The van der Waals surface area contributed by atoms with Crippen molar-refractivity contribution in [1.82, 2.24) is 4.72 Å². The van der Waals surface area contributed by atoms with Crippen molar-refractivity contribution in [2.75, 3.05) is 25.5 Å². The molecule has 0 aliphatic carbocycles. The minimum absolute atomic E-state index is 0. The molecular formula is C16H18ClN3O6S. The van der Waals surface area contributed by atoms with E-state index in [1.807, 2.05) is 0 Å². The standard InChI is InChI=1S/C16H17N3O6S.ClH/c17-12-3-1-11(2-4-12)5-6-18-26(22,23)16-10-15-14(24-7-8-25-15)9-13(16)19(20)21;/h1-4,9-10,18H,5-8,17H2;1H. The molecule has 0 aromatic heterocycles. The summed E-state index contributed by atoms with van der Waals surface area (Å²) in [5.41, 5.74) is 6.54. The van der Waals surface area contributed by atoms with Crippen molar-refractivity contribution < 1.29 is 22.8 Å². The molecule has 146 valence electrons. The maximum atomic E-state index is 12.6. The lowest BCUT2D eigenvalue weighted by molar-refractivity contribution is -0.388. The molecule has 0 spiro atoms. The zero-order valence-electron chi connectivity index (χ0n) is 14.1. The molecule has 0 unspecified atom stereocenters. The van der Waals surface area contributed by atoms with Gasteiger partial charge in [-0.15, -0.1) is 12.4 Å². The van der Waals surface area contributed by atoms with Crippen molar-refractivity contribution in [3.63, 3.8) is 0 Å². The topological polar surface area (TPSA) is 134 Å². The van der Waals surface area contributed by atoms with Crippen molar-refractivity contribution in [2.45, 2.75) is 11.3 Å². The van der Waals surface area contributed by atoms with Gasteiger partial charge in [0.15, 0.2) is 16.4 Å². The molecular weight excluding hydrogens is 398 g/mol. The highest BCUT2D eigenvalue weighted by Gasteiger charge is 2.30. The average molecular weight is 416 g/mol. The molecule has 0 fully saturated rings. The van der Waals surface area contributed by atoms with Gasteiger partial charge in [0.2, 0.25) is 10.0 Å². The molecule has 0 saturated carbocycles. The molecule has 3 N–H and O–H groups in total. The first-order valence-corrected chi connectivity index (χ1v) is 9.27. The minimum Gasteiger partial charge on any atom is -0.486 e. The van der Waals surface area contributed by atoms with Crippen molar-refractivity contribution >= 4 is 33.8 Å². The minimum atomic E-state index is -4.10. The van der Waals surface area contributed by atoms with E-state index in [1.54, 1.807) is 24.3 Å². The Labute approximate surface area is 162 Å². The molecule has 2 aromatic rings. The van der Waals surface area contributed by atoms with Gasteiger partial charge in [0.05, 0.1) is 11.0 Å². The van der Waals surface area contributed by atoms with E-state index in [-0.39, 0.29) is 43.7 Å². The van der Waals surface area contributed by atoms with Gasteiger partial charge in [0.25, 0.3) is 5.69 Å². The normalized spacial score (nSPS) is 12.9. The van der Waals surface area contributed by atoms with E-state index >= 15 is 0 Å². The molecule has 0 saturated heterocycles. The van der Waals surface area contributed by atoms with Crippen LogP contribution in [0.15, 0.2) is 41.3 Å². The summed E-state index contributed by atoms with van der Waals surface area (Å²) in [6.45, 7) is 0.572. The van der Waals surface area contributed by atoms with Gasteiger partial charge < -0.3 is 15.2 Å². The fraction of sp³-hybridized carbons (Fsp3) is 0.250. The third kappa shape index (κ3) is 4.79. The number of nitrogen functional groups attached to an aromatic ring is 1. The van der Waals surface area contributed by atoms with Crippen molar-refractivity contribution in [1.29, 1.82) is 0 Å². The maximum absolute atomic E-state index is 12.6. The lowest BCUT2D eigenvalue weighted by atomic mass is 10.1. The average Bonchev–Trinajstić information content (AvgIpc) is 2.62. The number of nitro groups is 1. The molecule has 0 atom stereocenters. The molecule has 2 aromatic carbocycles. The third-order valence-corrected chi connectivity index (χ3v) is 5.29. The number of nitrogens with zero attached hydrogens (tertiary/aromatic N) is 1. The largest absolute Gasteiger partial charge is 0.486 e. The van der Waals surface area contributed by atoms with Gasteiger partial charge in [0, 0.05) is 18.3 Å². The van der Waals surface area contributed by atoms with E-state index in [4.69, 9.17) is 15.2 Å². The summed E-state index contributed by atoms with van der Waals surface area (Å²) in [5.74, 6) is 0.324. The number of nitro benzene ring substituents is 1. The Morgan fingerprint density at radius 2 is 1.70 bits per heavy atom. The Morgan fingerprint density at radius 1 is 1.11 bits per heavy atom. The number of ether oxygens (including phenoxy) is 2. The first-order chi connectivity index (χ1) is 12.4. The first kappa shape index (κ1) is 20.7. The fourth-order valence-electron chi connectivity index (χ4n) is 2.51. The number of sulfonamides is 1. The van der Waals surface area contributed by atoms with Crippen LogP contribution in [0.1, 0.15) is 5.56 Å². The zero-order valence-corrected chi connectivity index (χ0v) is 15.7. The number of rotatable bonds is 6. The summed E-state index contributed by atoms with van der Waals surface area (Å²) in [6, 6.07) is 9.21. The van der Waals surface area contributed by atoms with Crippen LogP contribution in [-0.2, 0) is 16.4 Å². The van der Waals surface area contributed by atoms with Gasteiger partial charge >= 0.3 is 0 Å². The molecule has 27 heavy (non-hydrogen) atoms. The monoisotopic (exact) mass is 415 g/mol. The van der Waals surface area contributed by atoms with Crippen LogP contribution in [-0.4, -0.2) is 33.1 Å². The van der Waals surface area contributed by atoms with Gasteiger partial charge in [-0.3, -0.25) is 10.1 Å². The predicted octanol–water partition coefficient (Wildman–Crippen LogP) is 1.89. The first-order valence-electron chi connectivity index (χ1n) is 7.79. The number of hydrogen-bond acceptors (Lipinski definition) is 7. The number of anilines is 1. The molecule has 9 nitrogen and oxygen atoms in total. The highest BCUT2D eigenvalue weighted by atomic mass is 35.5. The fourth-order valence-corrected chi connectivity index (χ4v) is 3.71. The van der Waals surface area contributed by atoms with Crippen LogP contribution >= 0.6 is 12.4 Å². The van der Waals surface area contributed by atoms with Crippen molar-refractivity contribution in [2.24, 2.45) is 0 Å². The van der Waals surface area contributed by atoms with Crippen LogP contribution in [0.25, 0.3) is 0 Å². The zero-order chi connectivity index (χ0) is 18.7. The lowest BCUT2D eigenvalue weighted by Gasteiger charge is -2.19. The second-order valence-electron chi connectivity index (χ2n) is 5.61. The van der Waals surface area contributed by atoms with Crippen molar-refractivity contribution in [3.05, 3.63) is 52.1 Å². The Hall–Kier alpha value is -2.56. The Bertz CT molecular complexity index is 934. The SMILES string of the molecule is Cl.Nc1ccc(CCNS(=O)(=O)c2cc3c(cc2[N+](=O)[O-])OCCO3)cc1. The number of fused-ring (bicyclic) bond motifs is 1. The van der Waals surface area contributed by atoms with E-state index < -0.39 is 25.5 Å². The van der Waals surface area contributed by atoms with E-state index in [1.165, 1.54) is 0 Å². The smallest absolute Gasteiger partial charge is 0.293 e. The quantitative estimate of drug-likeness (QED) is 0.418. The van der Waals surface area contributed by atoms with Gasteiger partial charge in [-0.1, -0.05) is 12.1 Å². The summed E-state index contributed by atoms with van der Waals surface area (Å²) in [4.78, 5) is 10.1. The third-order valence-electron chi connectivity index (χ3n) is 3.80. The van der Waals surface area contributed by atoms with E-state index in [0.717, 1.165) is 17.7 Å². The molecule has 0 bridgehead atoms. The van der Waals surface area contributed by atoms with Gasteiger partial charge in [-0.2, -0.15) is 0 Å². The van der Waals surface area contributed by atoms with Crippen LogP contribution in [0, 0.1) is 10.1 Å². The van der Waals surface area contributed by atoms with Gasteiger partial charge in [0.1, 0.15) is 13.2 Å². The lowest BCUT2D eigenvalue weighted by Crippen LogP contribution is -2.27. The maximum Gasteiger partial charge on any atom is 0.293 e. The van der Waals surface area contributed by atoms with Crippen LogP contribution in [0.4, 0.5) is 11.4 Å². The second-order valence-corrected chi connectivity index (χ2v) is 7.35. The molecule has 0 radical (unpaired) electrons. The van der Waals surface area contributed by atoms with Crippen LogP contribution in [0.2, 0.25) is 0 Å². The predicted molar refractivity (Wildman–Crippen MR) is 101 cm³/mol. The number of halogens is 1. The second kappa shape index (κ2) is 8.42. The highest BCUT2D eigenvalue weighted by Crippen LogP contribution is 2.38. The van der Waals surface area contributed by atoms with E-state index in [0.29, 0.717) is 12.1 Å². The Balaban J connectivity index is 0.00000261. The Morgan fingerprint density at radius 3 is 2.30 bits per heavy atom.